The Labute approximate surface area is 123 Å². The number of hydrogen-bond acceptors (Lipinski definition) is 4. The molecule has 0 amide bonds. The van der Waals surface area contributed by atoms with Crippen LogP contribution in [0.2, 0.25) is 0 Å². The lowest BCUT2D eigenvalue weighted by Gasteiger charge is -2.12. The van der Waals surface area contributed by atoms with Crippen LogP contribution in [-0.2, 0) is 6.54 Å². The summed E-state index contributed by atoms with van der Waals surface area (Å²) in [4.78, 5) is 21.5. The third kappa shape index (κ3) is 3.78. The first kappa shape index (κ1) is 15.4. The van der Waals surface area contributed by atoms with Gasteiger partial charge in [-0.25, -0.2) is 4.79 Å². The Hall–Kier alpha value is -1.95. The zero-order valence-corrected chi connectivity index (χ0v) is 12.0. The summed E-state index contributed by atoms with van der Waals surface area (Å²) in [7, 11) is 0. The minimum Gasteiger partial charge on any atom is -0.477 e. The molecule has 1 aromatic carbocycles. The number of aromatic carboxylic acids is 1. The lowest BCUT2D eigenvalue weighted by molar-refractivity contribution is -0.385. The van der Waals surface area contributed by atoms with Crippen LogP contribution in [0.4, 0.5) is 5.69 Å². The second kappa shape index (κ2) is 6.67. The summed E-state index contributed by atoms with van der Waals surface area (Å²) < 4.78 is 0. The smallest absolute Gasteiger partial charge is 0.343 e. The Balaban J connectivity index is 2.04. The molecule has 0 radical (unpaired) electrons. The van der Waals surface area contributed by atoms with Crippen LogP contribution in [0.1, 0.15) is 42.1 Å². The average Bonchev–Trinajstić information content (AvgIpc) is 2.83. The molecule has 0 saturated heterocycles. The first-order valence-corrected chi connectivity index (χ1v) is 7.19. The third-order valence-corrected chi connectivity index (χ3v) is 4.09. The highest BCUT2D eigenvalue weighted by Gasteiger charge is 2.24. The molecule has 0 spiro atoms. The van der Waals surface area contributed by atoms with E-state index in [1.165, 1.54) is 31.4 Å². The summed E-state index contributed by atoms with van der Waals surface area (Å²) >= 11 is 0. The summed E-state index contributed by atoms with van der Waals surface area (Å²) in [5.74, 6) is 0.116. The van der Waals surface area contributed by atoms with Crippen molar-refractivity contribution < 1.29 is 14.8 Å². The highest BCUT2D eigenvalue weighted by Crippen LogP contribution is 2.29. The maximum Gasteiger partial charge on any atom is 0.343 e. The quantitative estimate of drug-likeness (QED) is 0.621. The number of nitro benzene ring substituents is 1. The van der Waals surface area contributed by atoms with Gasteiger partial charge in [-0.1, -0.05) is 25.5 Å². The molecule has 1 saturated carbocycles. The molecule has 6 nitrogen and oxygen atoms in total. The van der Waals surface area contributed by atoms with Crippen molar-refractivity contribution in [1.29, 1.82) is 0 Å². The topological polar surface area (TPSA) is 92.5 Å². The van der Waals surface area contributed by atoms with Gasteiger partial charge in [0.2, 0.25) is 0 Å². The second-order valence-corrected chi connectivity index (χ2v) is 5.79. The molecular formula is C15H20N2O4. The molecule has 2 rings (SSSR count). The van der Waals surface area contributed by atoms with Gasteiger partial charge in [0.1, 0.15) is 5.56 Å². The van der Waals surface area contributed by atoms with Gasteiger partial charge in [-0.15, -0.1) is 0 Å². The van der Waals surface area contributed by atoms with E-state index in [4.69, 9.17) is 0 Å². The molecule has 21 heavy (non-hydrogen) atoms. The first-order chi connectivity index (χ1) is 9.99. The monoisotopic (exact) mass is 292 g/mol. The molecule has 0 heterocycles. The fourth-order valence-corrected chi connectivity index (χ4v) is 3.05. The van der Waals surface area contributed by atoms with Crippen molar-refractivity contribution in [2.75, 3.05) is 6.54 Å². The van der Waals surface area contributed by atoms with Crippen LogP contribution in [0.25, 0.3) is 0 Å². The molecule has 1 fully saturated rings. The number of carbonyl (C=O) groups is 1. The Morgan fingerprint density at radius 2 is 2.24 bits per heavy atom. The van der Waals surface area contributed by atoms with Crippen molar-refractivity contribution in [2.24, 2.45) is 11.8 Å². The van der Waals surface area contributed by atoms with Gasteiger partial charge in [0.15, 0.2) is 0 Å². The van der Waals surface area contributed by atoms with Gasteiger partial charge in [0.05, 0.1) is 4.92 Å². The molecule has 1 aliphatic carbocycles. The summed E-state index contributed by atoms with van der Waals surface area (Å²) in [5, 5.41) is 23.4. The SMILES string of the molecule is CC1CCC(CNCc2cccc([N+](=O)[O-])c2C(=O)O)C1. The predicted octanol–water partition coefficient (Wildman–Crippen LogP) is 2.82. The summed E-state index contributed by atoms with van der Waals surface area (Å²) in [6.07, 6.45) is 3.62. The Bertz CT molecular complexity index is 544. The number of hydrogen-bond donors (Lipinski definition) is 2. The standard InChI is InChI=1S/C15H20N2O4/c1-10-5-6-11(7-10)8-16-9-12-3-2-4-13(17(20)21)14(12)15(18)19/h2-4,10-11,16H,5-9H2,1H3,(H,18,19). The van der Waals surface area contributed by atoms with Crippen LogP contribution in [0.15, 0.2) is 18.2 Å². The minimum absolute atomic E-state index is 0.213. The van der Waals surface area contributed by atoms with Crippen molar-refractivity contribution >= 4 is 11.7 Å². The normalized spacial score (nSPS) is 21.4. The van der Waals surface area contributed by atoms with E-state index in [1.807, 2.05) is 0 Å². The first-order valence-electron chi connectivity index (χ1n) is 7.19. The van der Waals surface area contributed by atoms with E-state index in [0.29, 0.717) is 18.0 Å². The number of carboxylic acids is 1. The van der Waals surface area contributed by atoms with Crippen molar-refractivity contribution in [3.63, 3.8) is 0 Å². The van der Waals surface area contributed by atoms with Crippen molar-refractivity contribution in [3.8, 4) is 0 Å². The van der Waals surface area contributed by atoms with E-state index in [0.717, 1.165) is 12.5 Å². The van der Waals surface area contributed by atoms with E-state index in [9.17, 15) is 20.0 Å². The van der Waals surface area contributed by atoms with E-state index in [2.05, 4.69) is 12.2 Å². The van der Waals surface area contributed by atoms with Crippen LogP contribution in [0.3, 0.4) is 0 Å². The van der Waals surface area contributed by atoms with Gasteiger partial charge in [0.25, 0.3) is 5.69 Å². The van der Waals surface area contributed by atoms with Gasteiger partial charge in [-0.05, 0) is 36.8 Å². The van der Waals surface area contributed by atoms with Gasteiger partial charge in [-0.3, -0.25) is 10.1 Å². The Morgan fingerprint density at radius 1 is 1.48 bits per heavy atom. The molecule has 2 unspecified atom stereocenters. The van der Waals surface area contributed by atoms with Crippen LogP contribution in [-0.4, -0.2) is 22.5 Å². The molecule has 0 aliphatic heterocycles. The Kier molecular flexibility index (Phi) is 4.90. The largest absolute Gasteiger partial charge is 0.477 e. The van der Waals surface area contributed by atoms with Gasteiger partial charge >= 0.3 is 5.97 Å². The van der Waals surface area contributed by atoms with Crippen LogP contribution in [0.5, 0.6) is 0 Å². The molecule has 0 aromatic heterocycles. The van der Waals surface area contributed by atoms with E-state index >= 15 is 0 Å². The number of nitro groups is 1. The van der Waals surface area contributed by atoms with E-state index < -0.39 is 10.9 Å². The van der Waals surface area contributed by atoms with Crippen LogP contribution in [0, 0.1) is 22.0 Å². The molecule has 1 aromatic rings. The average molecular weight is 292 g/mol. The lowest BCUT2D eigenvalue weighted by atomic mass is 10.0. The highest BCUT2D eigenvalue weighted by atomic mass is 16.6. The van der Waals surface area contributed by atoms with Crippen LogP contribution < -0.4 is 5.32 Å². The zero-order chi connectivity index (χ0) is 15.4. The highest BCUT2D eigenvalue weighted by molar-refractivity contribution is 5.94. The van der Waals surface area contributed by atoms with E-state index in [-0.39, 0.29) is 11.3 Å². The minimum atomic E-state index is -1.26. The second-order valence-electron chi connectivity index (χ2n) is 5.79. The van der Waals surface area contributed by atoms with Crippen molar-refractivity contribution in [2.45, 2.75) is 32.7 Å². The van der Waals surface area contributed by atoms with E-state index in [1.54, 1.807) is 6.07 Å². The summed E-state index contributed by atoms with van der Waals surface area (Å²) in [6, 6.07) is 4.38. The summed E-state index contributed by atoms with van der Waals surface area (Å²) in [5.41, 5.74) is -0.103. The number of carboxylic acid groups (broad SMARTS) is 1. The number of rotatable bonds is 6. The zero-order valence-electron chi connectivity index (χ0n) is 12.0. The van der Waals surface area contributed by atoms with Crippen molar-refractivity contribution in [3.05, 3.63) is 39.4 Å². The lowest BCUT2D eigenvalue weighted by Crippen LogP contribution is -2.22. The maximum atomic E-state index is 11.3. The third-order valence-electron chi connectivity index (χ3n) is 4.09. The summed E-state index contributed by atoms with van der Waals surface area (Å²) in [6.45, 7) is 3.41. The molecular weight excluding hydrogens is 272 g/mol. The van der Waals surface area contributed by atoms with Crippen molar-refractivity contribution in [1.82, 2.24) is 5.32 Å². The molecule has 2 N–H and O–H groups in total. The molecule has 1 aliphatic rings. The van der Waals surface area contributed by atoms with Gasteiger partial charge < -0.3 is 10.4 Å². The number of benzene rings is 1. The number of nitrogens with zero attached hydrogens (tertiary/aromatic N) is 1. The molecule has 6 heteroatoms. The number of nitrogens with one attached hydrogen (secondary N) is 1. The fourth-order valence-electron chi connectivity index (χ4n) is 3.05. The predicted molar refractivity (Wildman–Crippen MR) is 78.3 cm³/mol. The molecule has 0 bridgehead atoms. The fraction of sp³-hybridized carbons (Fsp3) is 0.533. The van der Waals surface area contributed by atoms with Gasteiger partial charge in [0, 0.05) is 12.6 Å². The maximum absolute atomic E-state index is 11.3. The molecule has 114 valence electrons. The van der Waals surface area contributed by atoms with Gasteiger partial charge in [-0.2, -0.15) is 0 Å². The molecule has 2 atom stereocenters. The Morgan fingerprint density at radius 3 is 2.81 bits per heavy atom. The van der Waals surface area contributed by atoms with Crippen LogP contribution >= 0.6 is 0 Å².